The number of methoxy groups -OCH3 is 1. The topological polar surface area (TPSA) is 65.5 Å². The van der Waals surface area contributed by atoms with Gasteiger partial charge in [0, 0.05) is 16.5 Å². The molecule has 0 saturated carbocycles. The second-order valence-electron chi connectivity index (χ2n) is 7.08. The van der Waals surface area contributed by atoms with E-state index in [1.807, 2.05) is 54.6 Å². The molecule has 0 bridgehead atoms. The summed E-state index contributed by atoms with van der Waals surface area (Å²) in [6.45, 7) is 1.58. The number of para-hydroxylation sites is 1. The van der Waals surface area contributed by atoms with Gasteiger partial charge < -0.3 is 9.47 Å². The molecule has 5 heteroatoms. The van der Waals surface area contributed by atoms with Gasteiger partial charge in [-0.05, 0) is 43.3 Å². The first kappa shape index (κ1) is 20.3. The summed E-state index contributed by atoms with van der Waals surface area (Å²) in [4.78, 5) is 30.5. The van der Waals surface area contributed by atoms with E-state index in [0.717, 1.165) is 5.56 Å². The molecule has 0 unspecified atom stereocenters. The Hall–Kier alpha value is -3.99. The van der Waals surface area contributed by atoms with Crippen LogP contribution in [0.1, 0.15) is 27.6 Å². The van der Waals surface area contributed by atoms with Crippen molar-refractivity contribution in [1.29, 1.82) is 0 Å². The predicted octanol–water partition coefficient (Wildman–Crippen LogP) is 5.34. The number of hydrogen-bond acceptors (Lipinski definition) is 5. The van der Waals surface area contributed by atoms with E-state index in [0.29, 0.717) is 33.5 Å². The number of carbonyl (C=O) groups excluding carboxylic acids is 2. The lowest BCUT2D eigenvalue weighted by Gasteiger charge is -2.14. The third-order valence-electron chi connectivity index (χ3n) is 5.03. The van der Waals surface area contributed by atoms with Crippen molar-refractivity contribution in [2.45, 2.75) is 13.0 Å². The third kappa shape index (κ3) is 4.31. The van der Waals surface area contributed by atoms with Crippen LogP contribution in [0.25, 0.3) is 22.2 Å². The van der Waals surface area contributed by atoms with E-state index in [2.05, 4.69) is 4.98 Å². The molecule has 0 radical (unpaired) electrons. The van der Waals surface area contributed by atoms with Gasteiger partial charge in [0.1, 0.15) is 5.75 Å². The Bertz CT molecular complexity index is 1230. The molecule has 3 aromatic carbocycles. The van der Waals surface area contributed by atoms with Crippen molar-refractivity contribution < 1.29 is 19.1 Å². The Morgan fingerprint density at radius 2 is 1.55 bits per heavy atom. The number of fused-ring (bicyclic) bond motifs is 1. The van der Waals surface area contributed by atoms with Gasteiger partial charge in [-0.2, -0.15) is 0 Å². The van der Waals surface area contributed by atoms with E-state index < -0.39 is 12.1 Å². The van der Waals surface area contributed by atoms with Crippen LogP contribution in [0.5, 0.6) is 5.75 Å². The second-order valence-corrected chi connectivity index (χ2v) is 7.08. The molecule has 0 N–H and O–H groups in total. The average Bonchev–Trinajstić information content (AvgIpc) is 2.83. The molecule has 0 aliphatic heterocycles. The van der Waals surface area contributed by atoms with Crippen LogP contribution in [-0.4, -0.2) is 30.0 Å². The van der Waals surface area contributed by atoms with Gasteiger partial charge in [-0.3, -0.25) is 4.79 Å². The van der Waals surface area contributed by atoms with E-state index in [9.17, 15) is 9.59 Å². The summed E-state index contributed by atoms with van der Waals surface area (Å²) in [6, 6.07) is 25.4. The summed E-state index contributed by atoms with van der Waals surface area (Å²) in [5.41, 5.74) is 3.07. The largest absolute Gasteiger partial charge is 0.497 e. The number of pyridine rings is 1. The minimum absolute atomic E-state index is 0.280. The molecule has 5 nitrogen and oxygen atoms in total. The Morgan fingerprint density at radius 1 is 0.871 bits per heavy atom. The minimum Gasteiger partial charge on any atom is -0.497 e. The molecule has 0 aliphatic rings. The van der Waals surface area contributed by atoms with Crippen molar-refractivity contribution in [2.75, 3.05) is 7.11 Å². The molecule has 0 aliphatic carbocycles. The average molecular weight is 411 g/mol. The lowest BCUT2D eigenvalue weighted by Crippen LogP contribution is -2.24. The van der Waals surface area contributed by atoms with Crippen molar-refractivity contribution in [3.8, 4) is 17.0 Å². The first-order chi connectivity index (χ1) is 15.1. The number of Topliss-reactive ketones (excluding diaryl/α,β-unsaturated/α-hetero) is 1. The van der Waals surface area contributed by atoms with Crippen LogP contribution in [-0.2, 0) is 4.74 Å². The van der Waals surface area contributed by atoms with Crippen LogP contribution in [0, 0.1) is 0 Å². The number of esters is 1. The van der Waals surface area contributed by atoms with E-state index in [4.69, 9.17) is 9.47 Å². The van der Waals surface area contributed by atoms with Crippen molar-refractivity contribution in [3.05, 3.63) is 96.1 Å². The van der Waals surface area contributed by atoms with Gasteiger partial charge in [-0.15, -0.1) is 0 Å². The van der Waals surface area contributed by atoms with Crippen molar-refractivity contribution >= 4 is 22.7 Å². The number of hydrogen-bond donors (Lipinski definition) is 0. The summed E-state index contributed by atoms with van der Waals surface area (Å²) < 4.78 is 10.7. The van der Waals surface area contributed by atoms with Crippen LogP contribution in [0.15, 0.2) is 84.9 Å². The molecular formula is C26H21NO4. The maximum Gasteiger partial charge on any atom is 0.339 e. The minimum atomic E-state index is -0.937. The highest BCUT2D eigenvalue weighted by Crippen LogP contribution is 2.26. The second kappa shape index (κ2) is 8.79. The zero-order valence-electron chi connectivity index (χ0n) is 17.2. The number of rotatable bonds is 6. The van der Waals surface area contributed by atoms with E-state index in [-0.39, 0.29) is 5.78 Å². The molecule has 1 atom stereocenters. The Morgan fingerprint density at radius 3 is 2.26 bits per heavy atom. The molecule has 0 spiro atoms. The Balaban J connectivity index is 1.64. The summed E-state index contributed by atoms with van der Waals surface area (Å²) in [5, 5.41) is 0.677. The lowest BCUT2D eigenvalue weighted by atomic mass is 10.0. The molecule has 0 fully saturated rings. The van der Waals surface area contributed by atoms with E-state index >= 15 is 0 Å². The van der Waals surface area contributed by atoms with Gasteiger partial charge in [0.2, 0.25) is 5.78 Å². The Labute approximate surface area is 180 Å². The highest BCUT2D eigenvalue weighted by atomic mass is 16.5. The molecule has 31 heavy (non-hydrogen) atoms. The lowest BCUT2D eigenvalue weighted by molar-refractivity contribution is 0.0320. The number of aromatic nitrogens is 1. The van der Waals surface area contributed by atoms with Gasteiger partial charge in [-0.25, -0.2) is 9.78 Å². The predicted molar refractivity (Wildman–Crippen MR) is 119 cm³/mol. The first-order valence-corrected chi connectivity index (χ1v) is 9.91. The first-order valence-electron chi connectivity index (χ1n) is 9.91. The molecule has 4 aromatic rings. The highest BCUT2D eigenvalue weighted by molar-refractivity contribution is 6.06. The summed E-state index contributed by atoms with van der Waals surface area (Å²) in [6.07, 6.45) is -0.937. The summed E-state index contributed by atoms with van der Waals surface area (Å²) in [7, 11) is 1.56. The number of nitrogens with zero attached hydrogens (tertiary/aromatic N) is 1. The summed E-state index contributed by atoms with van der Waals surface area (Å²) >= 11 is 0. The standard InChI is InChI=1S/C26H21NO4/c1-17(25(28)19-12-14-20(30-2)15-13-19)31-26(29)22-16-24(18-8-4-3-5-9-18)27-23-11-7-6-10-21(22)23/h3-17H,1-2H3/t17-/m0/s1. The van der Waals surface area contributed by atoms with Crippen molar-refractivity contribution in [2.24, 2.45) is 0 Å². The monoisotopic (exact) mass is 411 g/mol. The van der Waals surface area contributed by atoms with Crippen LogP contribution in [0.2, 0.25) is 0 Å². The molecule has 4 rings (SSSR count). The van der Waals surface area contributed by atoms with Gasteiger partial charge in [0.05, 0.1) is 23.9 Å². The van der Waals surface area contributed by atoms with Gasteiger partial charge >= 0.3 is 5.97 Å². The van der Waals surface area contributed by atoms with Gasteiger partial charge in [-0.1, -0.05) is 48.5 Å². The van der Waals surface area contributed by atoms with Crippen molar-refractivity contribution in [3.63, 3.8) is 0 Å². The number of ketones is 1. The third-order valence-corrected chi connectivity index (χ3v) is 5.03. The van der Waals surface area contributed by atoms with E-state index in [1.165, 1.54) is 0 Å². The maximum atomic E-state index is 13.1. The van der Waals surface area contributed by atoms with Crippen LogP contribution in [0.3, 0.4) is 0 Å². The number of carbonyl (C=O) groups is 2. The molecule has 0 saturated heterocycles. The van der Waals surface area contributed by atoms with Crippen LogP contribution in [0.4, 0.5) is 0 Å². The number of benzene rings is 3. The highest BCUT2D eigenvalue weighted by Gasteiger charge is 2.22. The number of ether oxygens (including phenoxy) is 2. The fraction of sp³-hybridized carbons (Fsp3) is 0.115. The van der Waals surface area contributed by atoms with Crippen LogP contribution < -0.4 is 4.74 Å². The zero-order valence-corrected chi connectivity index (χ0v) is 17.2. The van der Waals surface area contributed by atoms with Crippen LogP contribution >= 0.6 is 0 Å². The van der Waals surface area contributed by atoms with Gasteiger partial charge in [0.25, 0.3) is 0 Å². The zero-order chi connectivity index (χ0) is 21.8. The Kier molecular flexibility index (Phi) is 5.76. The quantitative estimate of drug-likeness (QED) is 0.317. The fourth-order valence-electron chi connectivity index (χ4n) is 3.37. The normalized spacial score (nSPS) is 11.7. The van der Waals surface area contributed by atoms with Crippen molar-refractivity contribution in [1.82, 2.24) is 4.98 Å². The molecule has 0 amide bonds. The fourth-order valence-corrected chi connectivity index (χ4v) is 3.37. The summed E-state index contributed by atoms with van der Waals surface area (Å²) in [5.74, 6) is -0.194. The SMILES string of the molecule is COc1ccc(C(=O)[C@H](C)OC(=O)c2cc(-c3ccccc3)nc3ccccc23)cc1. The maximum absolute atomic E-state index is 13.1. The molecular weight excluding hydrogens is 390 g/mol. The van der Waals surface area contributed by atoms with Gasteiger partial charge in [0.15, 0.2) is 6.10 Å². The molecule has 1 heterocycles. The van der Waals surface area contributed by atoms with E-state index in [1.54, 1.807) is 44.4 Å². The molecule has 1 aromatic heterocycles. The molecule has 154 valence electrons. The smallest absolute Gasteiger partial charge is 0.339 e.